The Kier molecular flexibility index (Phi) is 4.07. The molecule has 1 aromatic heterocycles. The summed E-state index contributed by atoms with van der Waals surface area (Å²) in [5.41, 5.74) is 2.75. The Morgan fingerprint density at radius 3 is 2.89 bits per heavy atom. The predicted octanol–water partition coefficient (Wildman–Crippen LogP) is 1.01. The summed E-state index contributed by atoms with van der Waals surface area (Å²) < 4.78 is 11.1. The van der Waals surface area contributed by atoms with Gasteiger partial charge in [0.1, 0.15) is 19.8 Å². The van der Waals surface area contributed by atoms with Gasteiger partial charge in [0.2, 0.25) is 5.91 Å². The Balaban J connectivity index is 1.24. The first kappa shape index (κ1) is 16.9. The average Bonchev–Trinajstić information content (AvgIpc) is 3.34. The van der Waals surface area contributed by atoms with Crippen LogP contribution in [0.2, 0.25) is 0 Å². The number of fused-ring (bicyclic) bond motifs is 2. The molecule has 1 aromatic carbocycles. The van der Waals surface area contributed by atoms with E-state index in [4.69, 9.17) is 9.47 Å². The maximum atomic E-state index is 12.8. The minimum Gasteiger partial charge on any atom is -0.486 e. The predicted molar refractivity (Wildman–Crippen MR) is 99.5 cm³/mol. The number of urea groups is 1. The molecule has 0 atom stereocenters. The fourth-order valence-corrected chi connectivity index (χ4v) is 3.86. The average molecular weight is 383 g/mol. The van der Waals surface area contributed by atoms with E-state index >= 15 is 0 Å². The summed E-state index contributed by atoms with van der Waals surface area (Å²) in [4.78, 5) is 37.9. The van der Waals surface area contributed by atoms with E-state index in [0.29, 0.717) is 50.9 Å². The first-order valence-corrected chi connectivity index (χ1v) is 9.44. The second kappa shape index (κ2) is 6.74. The van der Waals surface area contributed by atoms with E-state index < -0.39 is 0 Å². The first-order chi connectivity index (χ1) is 13.7. The summed E-state index contributed by atoms with van der Waals surface area (Å²) in [6.45, 7) is 3.31. The maximum Gasteiger partial charge on any atom is 0.325 e. The van der Waals surface area contributed by atoms with Crippen molar-refractivity contribution in [2.45, 2.75) is 13.0 Å². The molecule has 0 spiro atoms. The van der Waals surface area contributed by atoms with Gasteiger partial charge in [-0.25, -0.2) is 9.78 Å². The molecule has 9 heteroatoms. The van der Waals surface area contributed by atoms with E-state index in [9.17, 15) is 9.59 Å². The van der Waals surface area contributed by atoms with Crippen molar-refractivity contribution >= 4 is 17.6 Å². The van der Waals surface area contributed by atoms with Crippen LogP contribution in [0.5, 0.6) is 11.5 Å². The van der Waals surface area contributed by atoms with Crippen molar-refractivity contribution in [3.63, 3.8) is 0 Å². The number of carbonyl (C=O) groups is 2. The summed E-state index contributed by atoms with van der Waals surface area (Å²) in [5.74, 6) is 1.30. The van der Waals surface area contributed by atoms with Gasteiger partial charge < -0.3 is 24.3 Å². The summed E-state index contributed by atoms with van der Waals surface area (Å²) in [7, 11) is 0. The molecule has 146 valence electrons. The number of aromatic nitrogens is 2. The third-order valence-corrected chi connectivity index (χ3v) is 5.39. The number of H-pyrrole nitrogens is 1. The Morgan fingerprint density at radius 2 is 2.00 bits per heavy atom. The van der Waals surface area contributed by atoms with Crippen molar-refractivity contribution in [3.05, 3.63) is 35.9 Å². The molecule has 5 rings (SSSR count). The lowest BCUT2D eigenvalue weighted by molar-refractivity contribution is -0.132. The number of carbonyl (C=O) groups excluding carboxylic acids is 2. The lowest BCUT2D eigenvalue weighted by Crippen LogP contribution is -2.44. The third kappa shape index (κ3) is 2.92. The monoisotopic (exact) mass is 383 g/mol. The van der Waals surface area contributed by atoms with Crippen LogP contribution in [0.4, 0.5) is 10.5 Å². The number of nitrogens with one attached hydrogen (secondary N) is 1. The molecule has 1 N–H and O–H groups in total. The summed E-state index contributed by atoms with van der Waals surface area (Å²) >= 11 is 0. The Morgan fingerprint density at radius 1 is 1.14 bits per heavy atom. The zero-order valence-electron chi connectivity index (χ0n) is 15.4. The Hall–Kier alpha value is -3.23. The molecule has 0 aliphatic carbocycles. The molecular weight excluding hydrogens is 362 g/mol. The minimum absolute atomic E-state index is 0.0439. The van der Waals surface area contributed by atoms with E-state index in [0.717, 1.165) is 23.5 Å². The van der Waals surface area contributed by atoms with Gasteiger partial charge in [-0.05, 0) is 12.1 Å². The molecule has 0 radical (unpaired) electrons. The lowest BCUT2D eigenvalue weighted by Gasteiger charge is -2.28. The van der Waals surface area contributed by atoms with Crippen molar-refractivity contribution in [3.8, 4) is 11.5 Å². The highest BCUT2D eigenvalue weighted by Crippen LogP contribution is 2.35. The third-order valence-electron chi connectivity index (χ3n) is 5.39. The molecular formula is C19H21N5O4. The van der Waals surface area contributed by atoms with Gasteiger partial charge in [0.05, 0.1) is 24.3 Å². The molecule has 4 heterocycles. The van der Waals surface area contributed by atoms with Crippen LogP contribution in [-0.4, -0.2) is 71.1 Å². The molecule has 1 fully saturated rings. The number of amides is 3. The maximum absolute atomic E-state index is 12.8. The van der Waals surface area contributed by atoms with Gasteiger partial charge in [-0.2, -0.15) is 0 Å². The van der Waals surface area contributed by atoms with Crippen molar-refractivity contribution in [2.24, 2.45) is 0 Å². The van der Waals surface area contributed by atoms with Crippen LogP contribution in [0.15, 0.2) is 24.5 Å². The van der Waals surface area contributed by atoms with Crippen LogP contribution in [0.25, 0.3) is 0 Å². The van der Waals surface area contributed by atoms with Gasteiger partial charge in [0.25, 0.3) is 0 Å². The van der Waals surface area contributed by atoms with Crippen LogP contribution < -0.4 is 14.4 Å². The number of anilines is 1. The molecule has 2 aromatic rings. The smallest absolute Gasteiger partial charge is 0.325 e. The fourth-order valence-electron chi connectivity index (χ4n) is 3.86. The van der Waals surface area contributed by atoms with Gasteiger partial charge in [-0.1, -0.05) is 0 Å². The van der Waals surface area contributed by atoms with E-state index in [2.05, 4.69) is 9.97 Å². The van der Waals surface area contributed by atoms with Crippen molar-refractivity contribution in [1.82, 2.24) is 19.8 Å². The second-order valence-electron chi connectivity index (χ2n) is 7.08. The molecule has 3 aliphatic heterocycles. The van der Waals surface area contributed by atoms with Crippen LogP contribution >= 0.6 is 0 Å². The lowest BCUT2D eigenvalue weighted by atomic mass is 10.1. The number of rotatable bonds is 3. The first-order valence-electron chi connectivity index (χ1n) is 9.44. The number of aromatic amines is 1. The van der Waals surface area contributed by atoms with Crippen LogP contribution in [0, 0.1) is 0 Å². The quantitative estimate of drug-likeness (QED) is 0.854. The topological polar surface area (TPSA) is 91.0 Å². The van der Waals surface area contributed by atoms with E-state index in [-0.39, 0.29) is 18.5 Å². The Labute approximate surface area is 161 Å². The van der Waals surface area contributed by atoms with Crippen molar-refractivity contribution < 1.29 is 19.1 Å². The van der Waals surface area contributed by atoms with Crippen LogP contribution in [0.3, 0.4) is 0 Å². The van der Waals surface area contributed by atoms with Crippen molar-refractivity contribution in [1.29, 1.82) is 0 Å². The SMILES string of the molecule is O=C(CN1CCN(c2ccc3c(c2)OCCO3)C1=O)N1CCc2nc[nH]c2C1. The van der Waals surface area contributed by atoms with Crippen LogP contribution in [-0.2, 0) is 17.8 Å². The second-order valence-corrected chi connectivity index (χ2v) is 7.08. The highest BCUT2D eigenvalue weighted by Gasteiger charge is 2.33. The number of ether oxygens (including phenoxy) is 2. The number of hydrogen-bond acceptors (Lipinski definition) is 5. The molecule has 0 unspecified atom stereocenters. The molecule has 1 saturated heterocycles. The van der Waals surface area contributed by atoms with Gasteiger partial charge in [-0.15, -0.1) is 0 Å². The normalized spacial score (nSPS) is 18.4. The van der Waals surface area contributed by atoms with Gasteiger partial charge in [0, 0.05) is 37.8 Å². The zero-order valence-corrected chi connectivity index (χ0v) is 15.4. The van der Waals surface area contributed by atoms with E-state index in [1.165, 1.54) is 0 Å². The van der Waals surface area contributed by atoms with Gasteiger partial charge in [-0.3, -0.25) is 9.69 Å². The van der Waals surface area contributed by atoms with Gasteiger partial charge >= 0.3 is 6.03 Å². The number of nitrogens with zero attached hydrogens (tertiary/aromatic N) is 4. The highest BCUT2D eigenvalue weighted by molar-refractivity contribution is 5.96. The summed E-state index contributed by atoms with van der Waals surface area (Å²) in [6, 6.07) is 5.33. The minimum atomic E-state index is -0.163. The summed E-state index contributed by atoms with van der Waals surface area (Å²) in [5, 5.41) is 0. The van der Waals surface area contributed by atoms with E-state index in [1.54, 1.807) is 21.0 Å². The molecule has 3 amide bonds. The van der Waals surface area contributed by atoms with Gasteiger partial charge in [0.15, 0.2) is 11.5 Å². The largest absolute Gasteiger partial charge is 0.486 e. The highest BCUT2D eigenvalue weighted by atomic mass is 16.6. The molecule has 28 heavy (non-hydrogen) atoms. The molecule has 9 nitrogen and oxygen atoms in total. The molecule has 3 aliphatic rings. The standard InChI is InChI=1S/C19H21N5O4/c25-18(22-4-3-14-15(10-22)21-12-20-14)11-23-5-6-24(19(23)26)13-1-2-16-17(9-13)28-8-7-27-16/h1-2,9,12H,3-8,10-11H2,(H,20,21). The fraction of sp³-hybridized carbons (Fsp3) is 0.421. The van der Waals surface area contributed by atoms with E-state index in [1.807, 2.05) is 18.2 Å². The number of hydrogen-bond donors (Lipinski definition) is 1. The number of benzene rings is 1. The van der Waals surface area contributed by atoms with Crippen molar-refractivity contribution in [2.75, 3.05) is 44.3 Å². The van der Waals surface area contributed by atoms with Crippen LogP contribution in [0.1, 0.15) is 11.4 Å². The Bertz CT molecular complexity index is 927. The molecule has 0 saturated carbocycles. The molecule has 0 bridgehead atoms. The summed E-state index contributed by atoms with van der Waals surface area (Å²) in [6.07, 6.45) is 2.40. The number of imidazole rings is 1. The zero-order chi connectivity index (χ0) is 19.1.